The predicted octanol–water partition coefficient (Wildman–Crippen LogP) is 1.75. The van der Waals surface area contributed by atoms with Gasteiger partial charge in [-0.1, -0.05) is 18.6 Å². The molecule has 4 nitrogen and oxygen atoms in total. The largest absolute Gasteiger partial charge is 0.390 e. The number of nitrogens with one attached hydrogen (secondary N) is 1. The molecule has 0 aromatic heterocycles. The minimum Gasteiger partial charge on any atom is -0.390 e. The maximum Gasteiger partial charge on any atom is 0.109 e. The zero-order chi connectivity index (χ0) is 12.9. The molecule has 0 rings (SSSR count). The fourth-order valence-corrected chi connectivity index (χ4v) is 1.80. The van der Waals surface area contributed by atoms with Crippen molar-refractivity contribution in [3.63, 3.8) is 0 Å². The second kappa shape index (κ2) is 11.2. The van der Waals surface area contributed by atoms with Crippen LogP contribution in [0.15, 0.2) is 29.4 Å². The quantitative estimate of drug-likeness (QED) is 0.235. The van der Waals surface area contributed by atoms with Crippen LogP contribution in [0.25, 0.3) is 0 Å². The molecule has 0 heterocycles. The van der Waals surface area contributed by atoms with E-state index in [1.807, 2.05) is 6.08 Å². The fraction of sp³-hybridized carbons (Fsp3) is 0.615. The zero-order valence-electron chi connectivity index (χ0n) is 10.9. The van der Waals surface area contributed by atoms with E-state index in [2.05, 4.69) is 30.0 Å². The summed E-state index contributed by atoms with van der Waals surface area (Å²) in [5.41, 5.74) is 12.2. The molecule has 0 saturated heterocycles. The van der Waals surface area contributed by atoms with Crippen LogP contribution in [-0.2, 0) is 0 Å². The third-order valence-corrected chi connectivity index (χ3v) is 2.74. The van der Waals surface area contributed by atoms with Gasteiger partial charge in [-0.05, 0) is 44.3 Å². The van der Waals surface area contributed by atoms with Gasteiger partial charge in [-0.15, -0.1) is 6.58 Å². The van der Waals surface area contributed by atoms with Gasteiger partial charge in [-0.25, -0.2) is 0 Å². The summed E-state index contributed by atoms with van der Waals surface area (Å²) in [4.78, 5) is 3.91. The average molecular weight is 238 g/mol. The molecule has 4 heteroatoms. The summed E-state index contributed by atoms with van der Waals surface area (Å²) in [5.74, 6) is 0.550. The fourth-order valence-electron chi connectivity index (χ4n) is 1.80. The molecule has 0 fully saturated rings. The van der Waals surface area contributed by atoms with Crippen LogP contribution in [0.3, 0.4) is 0 Å². The van der Waals surface area contributed by atoms with E-state index in [-0.39, 0.29) is 0 Å². The molecule has 1 atom stereocenters. The van der Waals surface area contributed by atoms with E-state index in [1.54, 1.807) is 0 Å². The number of nitrogens with two attached hydrogens (primary N) is 2. The standard InChI is InChI=1S/C13H26N4/c1-3-5-6-13(9-16-11-17-10-15)12(4-2)7-8-14/h3,9-10,12,16H,1,4-8,11,14H2,2H3,(H2,15,17)/b13-9+. The Kier molecular flexibility index (Phi) is 10.4. The first-order chi connectivity index (χ1) is 8.29. The Balaban J connectivity index is 4.40. The third-order valence-electron chi connectivity index (χ3n) is 2.74. The number of hydrogen-bond donors (Lipinski definition) is 3. The summed E-state index contributed by atoms with van der Waals surface area (Å²) in [6.07, 6.45) is 9.47. The van der Waals surface area contributed by atoms with E-state index in [1.165, 1.54) is 11.9 Å². The number of nitrogens with zero attached hydrogens (tertiary/aromatic N) is 1. The highest BCUT2D eigenvalue weighted by Gasteiger charge is 2.10. The van der Waals surface area contributed by atoms with Gasteiger partial charge in [-0.2, -0.15) is 0 Å². The van der Waals surface area contributed by atoms with Gasteiger partial charge in [0.2, 0.25) is 0 Å². The molecule has 5 N–H and O–H groups in total. The molecule has 0 aliphatic carbocycles. The molecule has 17 heavy (non-hydrogen) atoms. The molecule has 98 valence electrons. The molecule has 0 aromatic rings. The van der Waals surface area contributed by atoms with E-state index in [4.69, 9.17) is 11.5 Å². The molecular formula is C13H26N4. The van der Waals surface area contributed by atoms with E-state index >= 15 is 0 Å². The molecule has 0 aliphatic rings. The molecule has 0 saturated carbocycles. The number of allylic oxidation sites excluding steroid dienone is 2. The third kappa shape index (κ3) is 7.58. The van der Waals surface area contributed by atoms with Gasteiger partial charge < -0.3 is 16.8 Å². The summed E-state index contributed by atoms with van der Waals surface area (Å²) in [6, 6.07) is 0. The zero-order valence-corrected chi connectivity index (χ0v) is 10.9. The lowest BCUT2D eigenvalue weighted by Gasteiger charge is -2.18. The molecular weight excluding hydrogens is 212 g/mol. The van der Waals surface area contributed by atoms with E-state index in [0.717, 1.165) is 32.2 Å². The van der Waals surface area contributed by atoms with Crippen molar-refractivity contribution in [1.82, 2.24) is 5.32 Å². The SMILES string of the molecule is C=CCC/C(=C\NC/N=C/N)C(CC)CCN. The lowest BCUT2D eigenvalue weighted by atomic mass is 9.90. The molecule has 0 amide bonds. The van der Waals surface area contributed by atoms with Crippen LogP contribution in [0.5, 0.6) is 0 Å². The summed E-state index contributed by atoms with van der Waals surface area (Å²) >= 11 is 0. The van der Waals surface area contributed by atoms with Crippen molar-refractivity contribution in [3.05, 3.63) is 24.4 Å². The van der Waals surface area contributed by atoms with Crippen LogP contribution in [0, 0.1) is 5.92 Å². The maximum absolute atomic E-state index is 5.64. The molecule has 0 radical (unpaired) electrons. The second-order valence-electron chi connectivity index (χ2n) is 3.92. The Morgan fingerprint density at radius 1 is 1.53 bits per heavy atom. The average Bonchev–Trinajstić information content (AvgIpc) is 2.35. The lowest BCUT2D eigenvalue weighted by Crippen LogP contribution is -2.14. The van der Waals surface area contributed by atoms with Gasteiger partial charge in [0, 0.05) is 0 Å². The van der Waals surface area contributed by atoms with Gasteiger partial charge >= 0.3 is 0 Å². The van der Waals surface area contributed by atoms with E-state index in [0.29, 0.717) is 12.6 Å². The van der Waals surface area contributed by atoms with Gasteiger partial charge in [0.15, 0.2) is 0 Å². The highest BCUT2D eigenvalue weighted by Crippen LogP contribution is 2.22. The van der Waals surface area contributed by atoms with Crippen LogP contribution < -0.4 is 16.8 Å². The molecule has 0 aliphatic heterocycles. The topological polar surface area (TPSA) is 76.4 Å². The molecule has 0 spiro atoms. The van der Waals surface area contributed by atoms with E-state index < -0.39 is 0 Å². The Morgan fingerprint density at radius 3 is 2.82 bits per heavy atom. The van der Waals surface area contributed by atoms with Crippen molar-refractivity contribution in [2.45, 2.75) is 32.6 Å². The van der Waals surface area contributed by atoms with Gasteiger partial charge in [0.25, 0.3) is 0 Å². The maximum atomic E-state index is 5.64. The van der Waals surface area contributed by atoms with E-state index in [9.17, 15) is 0 Å². The van der Waals surface area contributed by atoms with Crippen molar-refractivity contribution in [3.8, 4) is 0 Å². The number of aliphatic imine (C=N–C) groups is 1. The number of hydrogen-bond acceptors (Lipinski definition) is 3. The summed E-state index contributed by atoms with van der Waals surface area (Å²) in [5, 5.41) is 3.15. The van der Waals surface area contributed by atoms with Gasteiger partial charge in [0.1, 0.15) is 6.67 Å². The smallest absolute Gasteiger partial charge is 0.109 e. The first-order valence-corrected chi connectivity index (χ1v) is 6.23. The molecule has 0 bridgehead atoms. The Labute approximate surface area is 105 Å². The van der Waals surface area contributed by atoms with Gasteiger partial charge in [0.05, 0.1) is 6.34 Å². The van der Waals surface area contributed by atoms with Crippen LogP contribution in [0.2, 0.25) is 0 Å². The number of rotatable bonds is 10. The van der Waals surface area contributed by atoms with Crippen molar-refractivity contribution in [2.24, 2.45) is 22.4 Å². The van der Waals surface area contributed by atoms with Crippen LogP contribution >= 0.6 is 0 Å². The normalized spacial score (nSPS) is 13.9. The van der Waals surface area contributed by atoms with Crippen LogP contribution in [-0.4, -0.2) is 19.6 Å². The monoisotopic (exact) mass is 238 g/mol. The Morgan fingerprint density at radius 2 is 2.29 bits per heavy atom. The first-order valence-electron chi connectivity index (χ1n) is 6.23. The Bertz CT molecular complexity index is 246. The highest BCUT2D eigenvalue weighted by atomic mass is 15.0. The lowest BCUT2D eigenvalue weighted by molar-refractivity contribution is 0.527. The first kappa shape index (κ1) is 15.7. The molecule has 1 unspecified atom stereocenters. The second-order valence-corrected chi connectivity index (χ2v) is 3.92. The van der Waals surface area contributed by atoms with Crippen LogP contribution in [0.4, 0.5) is 0 Å². The summed E-state index contributed by atoms with van der Waals surface area (Å²) in [6.45, 7) is 7.20. The molecule has 0 aromatic carbocycles. The van der Waals surface area contributed by atoms with Crippen molar-refractivity contribution in [1.29, 1.82) is 0 Å². The predicted molar refractivity (Wildman–Crippen MR) is 75.6 cm³/mol. The van der Waals surface area contributed by atoms with Crippen molar-refractivity contribution < 1.29 is 0 Å². The summed E-state index contributed by atoms with van der Waals surface area (Å²) < 4.78 is 0. The summed E-state index contributed by atoms with van der Waals surface area (Å²) in [7, 11) is 0. The Hall–Kier alpha value is -1.29. The van der Waals surface area contributed by atoms with Crippen molar-refractivity contribution >= 4 is 6.34 Å². The van der Waals surface area contributed by atoms with Gasteiger partial charge in [-0.3, -0.25) is 4.99 Å². The van der Waals surface area contributed by atoms with Crippen molar-refractivity contribution in [2.75, 3.05) is 13.2 Å². The van der Waals surface area contributed by atoms with Crippen LogP contribution in [0.1, 0.15) is 32.6 Å². The minimum atomic E-state index is 0.521. The minimum absolute atomic E-state index is 0.521. The highest BCUT2D eigenvalue weighted by molar-refractivity contribution is 5.50.